The standard InChI is InChI=1S/C14H25N5O/c15-6-2-1-3-8-18-9-4-10-19(12-11-18)14(20)13-5-7-16-17-13/h5,7H,1-4,6,8-12,15H2,(H,16,17). The van der Waals surface area contributed by atoms with Gasteiger partial charge < -0.3 is 15.5 Å². The Kier molecular flexibility index (Phi) is 6.01. The van der Waals surface area contributed by atoms with Gasteiger partial charge in [-0.15, -0.1) is 0 Å². The van der Waals surface area contributed by atoms with Gasteiger partial charge in [-0.25, -0.2) is 0 Å². The molecular formula is C14H25N5O. The number of rotatable bonds is 6. The average molecular weight is 279 g/mol. The van der Waals surface area contributed by atoms with E-state index in [-0.39, 0.29) is 5.91 Å². The first-order valence-electron chi connectivity index (χ1n) is 7.52. The number of nitrogens with zero attached hydrogens (tertiary/aromatic N) is 3. The Morgan fingerprint density at radius 3 is 2.90 bits per heavy atom. The first kappa shape index (κ1) is 15.0. The maximum atomic E-state index is 12.2. The van der Waals surface area contributed by atoms with Crippen LogP contribution in [0.1, 0.15) is 36.2 Å². The fourth-order valence-corrected chi connectivity index (χ4v) is 2.60. The first-order chi connectivity index (χ1) is 9.81. The molecule has 1 aliphatic heterocycles. The van der Waals surface area contributed by atoms with Gasteiger partial charge in [-0.05, 0) is 45.0 Å². The normalized spacial score (nSPS) is 17.1. The summed E-state index contributed by atoms with van der Waals surface area (Å²) in [4.78, 5) is 16.6. The third-order valence-corrected chi connectivity index (χ3v) is 3.79. The first-order valence-corrected chi connectivity index (χ1v) is 7.52. The third-order valence-electron chi connectivity index (χ3n) is 3.79. The van der Waals surface area contributed by atoms with Crippen LogP contribution in [0.15, 0.2) is 12.3 Å². The number of carbonyl (C=O) groups excluding carboxylic acids is 1. The lowest BCUT2D eigenvalue weighted by Gasteiger charge is -2.21. The molecule has 2 rings (SSSR count). The summed E-state index contributed by atoms with van der Waals surface area (Å²) in [5, 5.41) is 6.59. The summed E-state index contributed by atoms with van der Waals surface area (Å²) >= 11 is 0. The molecule has 20 heavy (non-hydrogen) atoms. The molecule has 1 aliphatic rings. The summed E-state index contributed by atoms with van der Waals surface area (Å²) in [6.07, 6.45) is 6.17. The van der Waals surface area contributed by atoms with Crippen molar-refractivity contribution in [2.45, 2.75) is 25.7 Å². The molecule has 0 radical (unpaired) electrons. The predicted octanol–water partition coefficient (Wildman–Crippen LogP) is 0.687. The molecule has 1 saturated heterocycles. The molecule has 1 amide bonds. The molecule has 0 atom stereocenters. The van der Waals surface area contributed by atoms with Crippen LogP contribution in [0.25, 0.3) is 0 Å². The number of amides is 1. The fourth-order valence-electron chi connectivity index (χ4n) is 2.60. The van der Waals surface area contributed by atoms with Crippen molar-refractivity contribution in [1.82, 2.24) is 20.0 Å². The minimum atomic E-state index is 0.0625. The second-order valence-corrected chi connectivity index (χ2v) is 5.31. The lowest BCUT2D eigenvalue weighted by molar-refractivity contribution is 0.0755. The van der Waals surface area contributed by atoms with E-state index in [0.717, 1.165) is 52.1 Å². The number of aromatic amines is 1. The molecule has 1 fully saturated rings. The third kappa shape index (κ3) is 4.31. The van der Waals surface area contributed by atoms with Gasteiger partial charge in [0.2, 0.25) is 0 Å². The summed E-state index contributed by atoms with van der Waals surface area (Å²) in [6.45, 7) is 5.57. The Labute approximate surface area is 120 Å². The van der Waals surface area contributed by atoms with Gasteiger partial charge in [0.1, 0.15) is 5.69 Å². The number of nitrogens with two attached hydrogens (primary N) is 1. The number of H-pyrrole nitrogens is 1. The molecule has 0 saturated carbocycles. The molecule has 0 aliphatic carbocycles. The minimum Gasteiger partial charge on any atom is -0.336 e. The fraction of sp³-hybridized carbons (Fsp3) is 0.714. The lowest BCUT2D eigenvalue weighted by Crippen LogP contribution is -2.35. The Balaban J connectivity index is 1.76. The van der Waals surface area contributed by atoms with Crippen LogP contribution in [0.2, 0.25) is 0 Å². The summed E-state index contributed by atoms with van der Waals surface area (Å²) in [5.74, 6) is 0.0625. The zero-order chi connectivity index (χ0) is 14.2. The van der Waals surface area contributed by atoms with Crippen molar-refractivity contribution in [2.24, 2.45) is 5.73 Å². The van der Waals surface area contributed by atoms with Crippen LogP contribution in [0.5, 0.6) is 0 Å². The van der Waals surface area contributed by atoms with E-state index in [4.69, 9.17) is 5.73 Å². The second kappa shape index (κ2) is 8.01. The van der Waals surface area contributed by atoms with Crippen molar-refractivity contribution in [2.75, 3.05) is 39.3 Å². The molecule has 0 unspecified atom stereocenters. The molecule has 0 aromatic carbocycles. The van der Waals surface area contributed by atoms with Crippen molar-refractivity contribution < 1.29 is 4.79 Å². The van der Waals surface area contributed by atoms with Gasteiger partial charge in [-0.1, -0.05) is 6.42 Å². The highest BCUT2D eigenvalue weighted by atomic mass is 16.2. The molecule has 3 N–H and O–H groups in total. The van der Waals surface area contributed by atoms with E-state index in [0.29, 0.717) is 5.69 Å². The molecule has 0 spiro atoms. The number of aromatic nitrogens is 2. The van der Waals surface area contributed by atoms with Crippen molar-refractivity contribution >= 4 is 5.91 Å². The molecule has 1 aromatic heterocycles. The monoisotopic (exact) mass is 279 g/mol. The Hall–Kier alpha value is -1.40. The van der Waals surface area contributed by atoms with Crippen LogP contribution in [-0.2, 0) is 0 Å². The molecule has 6 heteroatoms. The van der Waals surface area contributed by atoms with Crippen LogP contribution < -0.4 is 5.73 Å². The minimum absolute atomic E-state index is 0.0625. The van der Waals surface area contributed by atoms with Crippen molar-refractivity contribution in [1.29, 1.82) is 0 Å². The van der Waals surface area contributed by atoms with Crippen LogP contribution in [0, 0.1) is 0 Å². The van der Waals surface area contributed by atoms with E-state index in [2.05, 4.69) is 15.1 Å². The zero-order valence-corrected chi connectivity index (χ0v) is 12.1. The summed E-state index contributed by atoms with van der Waals surface area (Å²) in [7, 11) is 0. The van der Waals surface area contributed by atoms with E-state index in [1.54, 1.807) is 12.3 Å². The molecule has 2 heterocycles. The van der Waals surface area contributed by atoms with E-state index in [9.17, 15) is 4.79 Å². The van der Waals surface area contributed by atoms with Gasteiger partial charge in [-0.3, -0.25) is 9.89 Å². The maximum absolute atomic E-state index is 12.2. The predicted molar refractivity (Wildman–Crippen MR) is 78.5 cm³/mol. The van der Waals surface area contributed by atoms with E-state index in [1.165, 1.54) is 12.8 Å². The van der Waals surface area contributed by atoms with Gasteiger partial charge in [0, 0.05) is 25.8 Å². The second-order valence-electron chi connectivity index (χ2n) is 5.31. The van der Waals surface area contributed by atoms with Crippen molar-refractivity contribution in [3.63, 3.8) is 0 Å². The van der Waals surface area contributed by atoms with Crippen LogP contribution in [0.4, 0.5) is 0 Å². The summed E-state index contributed by atoms with van der Waals surface area (Å²) < 4.78 is 0. The highest BCUT2D eigenvalue weighted by molar-refractivity contribution is 5.92. The van der Waals surface area contributed by atoms with Gasteiger partial charge >= 0.3 is 0 Å². The van der Waals surface area contributed by atoms with Crippen molar-refractivity contribution in [3.8, 4) is 0 Å². The molecule has 6 nitrogen and oxygen atoms in total. The highest BCUT2D eigenvalue weighted by Gasteiger charge is 2.20. The maximum Gasteiger partial charge on any atom is 0.271 e. The van der Waals surface area contributed by atoms with Crippen LogP contribution in [-0.4, -0.2) is 65.2 Å². The molecule has 1 aromatic rings. The number of nitrogens with one attached hydrogen (secondary N) is 1. The summed E-state index contributed by atoms with van der Waals surface area (Å²) in [5.41, 5.74) is 6.09. The van der Waals surface area contributed by atoms with Gasteiger partial charge in [-0.2, -0.15) is 5.10 Å². The highest BCUT2D eigenvalue weighted by Crippen LogP contribution is 2.08. The molecule has 0 bridgehead atoms. The van der Waals surface area contributed by atoms with Gasteiger partial charge in [0.05, 0.1) is 0 Å². The lowest BCUT2D eigenvalue weighted by atomic mass is 10.2. The Bertz CT molecular complexity index is 392. The smallest absolute Gasteiger partial charge is 0.271 e. The quantitative estimate of drug-likeness (QED) is 0.751. The van der Waals surface area contributed by atoms with E-state index >= 15 is 0 Å². The Morgan fingerprint density at radius 1 is 1.25 bits per heavy atom. The zero-order valence-electron chi connectivity index (χ0n) is 12.1. The summed E-state index contributed by atoms with van der Waals surface area (Å²) in [6, 6.07) is 1.73. The largest absolute Gasteiger partial charge is 0.336 e. The van der Waals surface area contributed by atoms with Crippen LogP contribution in [0.3, 0.4) is 0 Å². The van der Waals surface area contributed by atoms with Crippen molar-refractivity contribution in [3.05, 3.63) is 18.0 Å². The van der Waals surface area contributed by atoms with Crippen LogP contribution >= 0.6 is 0 Å². The van der Waals surface area contributed by atoms with Gasteiger partial charge in [0.25, 0.3) is 5.91 Å². The molecule has 112 valence electrons. The Morgan fingerprint density at radius 2 is 2.15 bits per heavy atom. The van der Waals surface area contributed by atoms with E-state index < -0.39 is 0 Å². The number of carbonyl (C=O) groups is 1. The van der Waals surface area contributed by atoms with Gasteiger partial charge in [0.15, 0.2) is 0 Å². The average Bonchev–Trinajstić information content (AvgIpc) is 2.89. The molecular weight excluding hydrogens is 254 g/mol. The topological polar surface area (TPSA) is 78.2 Å². The number of hydrogen-bond acceptors (Lipinski definition) is 4. The number of unbranched alkanes of at least 4 members (excludes halogenated alkanes) is 2. The number of hydrogen-bond donors (Lipinski definition) is 2. The SMILES string of the molecule is NCCCCCN1CCCN(C(=O)c2ccn[nH]2)CC1. The van der Waals surface area contributed by atoms with E-state index in [1.807, 2.05) is 4.90 Å².